The number of benzene rings is 1. The number of hydrazine groups is 1. The molecule has 0 aliphatic carbocycles. The first-order valence-corrected chi connectivity index (χ1v) is 6.01. The van der Waals surface area contributed by atoms with Gasteiger partial charge in [-0.3, -0.25) is 19.6 Å². The number of amides is 2. The molecule has 0 fully saturated rings. The van der Waals surface area contributed by atoms with Crippen LogP contribution in [-0.2, 0) is 14.4 Å². The van der Waals surface area contributed by atoms with Crippen molar-refractivity contribution in [1.29, 1.82) is 0 Å². The quantitative estimate of drug-likeness (QED) is 0.497. The first-order chi connectivity index (χ1) is 9.60. The Morgan fingerprint density at radius 3 is 2.50 bits per heavy atom. The van der Waals surface area contributed by atoms with Crippen molar-refractivity contribution in [1.82, 2.24) is 10.2 Å². The summed E-state index contributed by atoms with van der Waals surface area (Å²) in [4.78, 5) is 33.6. The Morgan fingerprint density at radius 2 is 1.95 bits per heavy atom. The van der Waals surface area contributed by atoms with Gasteiger partial charge >= 0.3 is 0 Å². The molecule has 0 aliphatic heterocycles. The molecule has 6 heteroatoms. The highest BCUT2D eigenvalue weighted by molar-refractivity contribution is 5.93. The van der Waals surface area contributed by atoms with Gasteiger partial charge in [0.2, 0.25) is 6.29 Å². The van der Waals surface area contributed by atoms with Crippen LogP contribution in [0.25, 0.3) is 6.08 Å². The van der Waals surface area contributed by atoms with Crippen molar-refractivity contribution in [2.75, 3.05) is 6.54 Å². The van der Waals surface area contributed by atoms with Crippen LogP contribution in [0.4, 0.5) is 0 Å². The van der Waals surface area contributed by atoms with Crippen LogP contribution in [-0.4, -0.2) is 40.0 Å². The summed E-state index contributed by atoms with van der Waals surface area (Å²) in [6.07, 6.45) is 4.16. The molecule has 0 aromatic heterocycles. The lowest BCUT2D eigenvalue weighted by Gasteiger charge is -2.26. The third kappa shape index (κ3) is 4.33. The van der Waals surface area contributed by atoms with Crippen molar-refractivity contribution in [2.45, 2.75) is 13.3 Å². The molecule has 0 bridgehead atoms. The Hall–Kier alpha value is -2.47. The maximum absolute atomic E-state index is 11.9. The van der Waals surface area contributed by atoms with E-state index in [0.29, 0.717) is 5.01 Å². The Labute approximate surface area is 116 Å². The molecule has 0 saturated heterocycles. The number of hydroxylamine groups is 1. The van der Waals surface area contributed by atoms with Gasteiger partial charge in [-0.05, 0) is 11.6 Å². The predicted octanol–water partition coefficient (Wildman–Crippen LogP) is 1.18. The first kappa shape index (κ1) is 15.6. The van der Waals surface area contributed by atoms with E-state index in [-0.39, 0.29) is 11.6 Å². The highest BCUT2D eigenvalue weighted by Crippen LogP contribution is 2.04. The summed E-state index contributed by atoms with van der Waals surface area (Å²) in [6, 6.07) is 9.02. The minimum absolute atomic E-state index is 0.00152. The Balaban J connectivity index is 2.81. The van der Waals surface area contributed by atoms with Gasteiger partial charge in [-0.1, -0.05) is 37.3 Å². The molecule has 1 aromatic rings. The Kier molecular flexibility index (Phi) is 6.12. The maximum atomic E-state index is 11.9. The van der Waals surface area contributed by atoms with Crippen molar-refractivity contribution in [3.05, 3.63) is 42.0 Å². The normalized spacial score (nSPS) is 10.3. The summed E-state index contributed by atoms with van der Waals surface area (Å²) in [5, 5.41) is 10.3. The largest absolute Gasteiger partial charge is 0.289 e. The molecule has 1 N–H and O–H groups in total. The van der Waals surface area contributed by atoms with E-state index in [1.54, 1.807) is 24.3 Å². The average Bonchev–Trinajstić information content (AvgIpc) is 2.49. The fourth-order valence-electron chi connectivity index (χ4n) is 1.39. The number of carbonyl (C=O) groups is 2. The zero-order valence-electron chi connectivity index (χ0n) is 11.0. The maximum Gasteiger partial charge on any atom is 0.267 e. The molecule has 105 valence electrons. The van der Waals surface area contributed by atoms with Gasteiger partial charge in [0.1, 0.15) is 6.54 Å². The van der Waals surface area contributed by atoms with Gasteiger partial charge in [-0.2, -0.15) is 0 Å². The van der Waals surface area contributed by atoms with Crippen LogP contribution < -0.4 is 0 Å². The van der Waals surface area contributed by atoms with Crippen molar-refractivity contribution in [3.63, 3.8) is 0 Å². The number of carbonyl (C=O) groups excluding carboxylic acids is 3. The van der Waals surface area contributed by atoms with Gasteiger partial charge in [0.15, 0.2) is 0 Å². The van der Waals surface area contributed by atoms with Crippen molar-refractivity contribution >= 4 is 24.2 Å². The van der Waals surface area contributed by atoms with Crippen molar-refractivity contribution in [2.24, 2.45) is 0 Å². The zero-order valence-corrected chi connectivity index (χ0v) is 11.0. The third-order valence-corrected chi connectivity index (χ3v) is 2.44. The number of nitrogens with zero attached hydrogens (tertiary/aromatic N) is 2. The van der Waals surface area contributed by atoms with E-state index in [1.165, 1.54) is 25.4 Å². The summed E-state index contributed by atoms with van der Waals surface area (Å²) in [7, 11) is 0. The molecule has 1 radical (unpaired) electrons. The molecular weight excluding hydrogens is 260 g/mol. The van der Waals surface area contributed by atoms with Crippen LogP contribution >= 0.6 is 0 Å². The van der Waals surface area contributed by atoms with Gasteiger partial charge in [-0.15, -0.1) is 5.17 Å². The lowest BCUT2D eigenvalue weighted by Crippen LogP contribution is -2.47. The van der Waals surface area contributed by atoms with Gasteiger partial charge in [0.05, 0.1) is 0 Å². The van der Waals surface area contributed by atoms with E-state index in [2.05, 4.69) is 0 Å². The highest BCUT2D eigenvalue weighted by atomic mass is 16.6. The van der Waals surface area contributed by atoms with Crippen LogP contribution in [0.2, 0.25) is 0 Å². The third-order valence-electron chi connectivity index (χ3n) is 2.44. The lowest BCUT2D eigenvalue weighted by molar-refractivity contribution is -0.230. The van der Waals surface area contributed by atoms with Crippen LogP contribution in [0.5, 0.6) is 0 Å². The summed E-state index contributed by atoms with van der Waals surface area (Å²) >= 11 is 0. The van der Waals surface area contributed by atoms with E-state index in [1.807, 2.05) is 6.07 Å². The molecule has 1 aromatic carbocycles. The fourth-order valence-corrected chi connectivity index (χ4v) is 1.39. The Morgan fingerprint density at radius 1 is 1.30 bits per heavy atom. The summed E-state index contributed by atoms with van der Waals surface area (Å²) < 4.78 is 0. The smallest absolute Gasteiger partial charge is 0.267 e. The summed E-state index contributed by atoms with van der Waals surface area (Å²) in [6.45, 7) is 0.999. The minimum atomic E-state index is -0.693. The summed E-state index contributed by atoms with van der Waals surface area (Å²) in [5.41, 5.74) is 0.780. The van der Waals surface area contributed by atoms with Gasteiger partial charge in [0.25, 0.3) is 11.8 Å². The van der Waals surface area contributed by atoms with Crippen molar-refractivity contribution in [3.8, 4) is 0 Å². The van der Waals surface area contributed by atoms with Crippen LogP contribution in [0.15, 0.2) is 36.4 Å². The molecule has 0 spiro atoms. The second-order valence-corrected chi connectivity index (χ2v) is 3.82. The lowest BCUT2D eigenvalue weighted by atomic mass is 10.2. The van der Waals surface area contributed by atoms with E-state index < -0.39 is 18.4 Å². The molecule has 2 amide bonds. The highest BCUT2D eigenvalue weighted by Gasteiger charge is 2.21. The van der Waals surface area contributed by atoms with Crippen molar-refractivity contribution < 1.29 is 19.6 Å². The standard InChI is InChI=1S/C14H15N2O4/c1-2-13(18)16(20)15(10-11-17)14(19)9-8-12-6-4-3-5-7-12/h3-9,20H,2,10H2,1H3. The topological polar surface area (TPSA) is 77.9 Å². The van der Waals surface area contributed by atoms with E-state index in [0.717, 1.165) is 5.56 Å². The van der Waals surface area contributed by atoms with Gasteiger partial charge < -0.3 is 0 Å². The fraction of sp³-hybridized carbons (Fsp3) is 0.214. The number of rotatable bonds is 5. The molecule has 6 nitrogen and oxygen atoms in total. The van der Waals surface area contributed by atoms with E-state index in [4.69, 9.17) is 0 Å². The van der Waals surface area contributed by atoms with Crippen LogP contribution in [0.3, 0.4) is 0 Å². The SMILES string of the molecule is CCC(=O)N(O)N(C[C]=O)C(=O)C=Cc1ccccc1. The second-order valence-electron chi connectivity index (χ2n) is 3.82. The van der Waals surface area contributed by atoms with E-state index in [9.17, 15) is 19.6 Å². The molecular formula is C14H15N2O4. The summed E-state index contributed by atoms with van der Waals surface area (Å²) in [5.74, 6) is -1.39. The molecule has 0 unspecified atom stereocenters. The first-order valence-electron chi connectivity index (χ1n) is 6.01. The molecule has 0 atom stereocenters. The Bertz CT molecular complexity index is 499. The average molecular weight is 275 g/mol. The van der Waals surface area contributed by atoms with E-state index >= 15 is 0 Å². The second kappa shape index (κ2) is 7.85. The van der Waals surface area contributed by atoms with Gasteiger partial charge in [-0.25, -0.2) is 5.01 Å². The monoisotopic (exact) mass is 275 g/mol. The molecule has 0 heterocycles. The predicted molar refractivity (Wildman–Crippen MR) is 71.8 cm³/mol. The van der Waals surface area contributed by atoms with Crippen LogP contribution in [0, 0.1) is 0 Å². The molecule has 20 heavy (non-hydrogen) atoms. The molecule has 0 saturated carbocycles. The minimum Gasteiger partial charge on any atom is -0.289 e. The number of hydrogen-bond donors (Lipinski definition) is 1. The van der Waals surface area contributed by atoms with Gasteiger partial charge in [0, 0.05) is 12.5 Å². The van der Waals surface area contributed by atoms with Crippen LogP contribution in [0.1, 0.15) is 18.9 Å². The zero-order chi connectivity index (χ0) is 15.0. The number of hydrogen-bond acceptors (Lipinski definition) is 4. The molecule has 1 rings (SSSR count). The molecule has 0 aliphatic rings.